The number of hydrogen-bond donors (Lipinski definition) is 1. The number of nitrogens with zero attached hydrogens (tertiary/aromatic N) is 1. The van der Waals surface area contributed by atoms with E-state index in [-0.39, 0.29) is 0 Å². The maximum atomic E-state index is 12.5. The third kappa shape index (κ3) is 4.41. The zero-order chi connectivity index (χ0) is 17.7. The van der Waals surface area contributed by atoms with Crippen molar-refractivity contribution in [2.24, 2.45) is 5.10 Å². The highest BCUT2D eigenvalue weighted by atomic mass is 79.9. The molecule has 24 heavy (non-hydrogen) atoms. The summed E-state index contributed by atoms with van der Waals surface area (Å²) in [4.78, 5) is 0. The summed E-state index contributed by atoms with van der Waals surface area (Å²) in [6.07, 6.45) is -2.84. The predicted molar refractivity (Wildman–Crippen MR) is 89.9 cm³/mol. The van der Waals surface area contributed by atoms with Crippen molar-refractivity contribution in [2.45, 2.75) is 6.18 Å². The van der Waals surface area contributed by atoms with E-state index < -0.39 is 11.7 Å². The van der Waals surface area contributed by atoms with Crippen molar-refractivity contribution in [3.63, 3.8) is 0 Å². The molecule has 2 rings (SSSR count). The van der Waals surface area contributed by atoms with Crippen LogP contribution in [0.15, 0.2) is 46.0 Å². The smallest absolute Gasteiger partial charge is 0.416 e. The molecule has 0 aliphatic heterocycles. The Kier molecular flexibility index (Phi) is 5.71. The average molecular weight is 403 g/mol. The van der Waals surface area contributed by atoms with Crippen LogP contribution in [-0.2, 0) is 6.18 Å². The number of nitrogens with one attached hydrogen (secondary N) is 1. The standard InChI is InChI=1S/C16H14BrF3N2O2/c1-23-14-8-10(7-13(17)15(14)24-2)9-21-22-12-5-3-11(4-6-12)16(18,19)20/h3-9,22H,1-2H3. The summed E-state index contributed by atoms with van der Waals surface area (Å²) in [5.41, 5.74) is 3.13. The van der Waals surface area contributed by atoms with Gasteiger partial charge in [0.1, 0.15) is 0 Å². The van der Waals surface area contributed by atoms with Crippen LogP contribution in [0.2, 0.25) is 0 Å². The molecule has 4 nitrogen and oxygen atoms in total. The summed E-state index contributed by atoms with van der Waals surface area (Å²) in [5.74, 6) is 1.09. The minimum absolute atomic E-state index is 0.443. The van der Waals surface area contributed by atoms with E-state index in [9.17, 15) is 13.2 Å². The molecule has 0 radical (unpaired) electrons. The number of halogens is 4. The Labute approximate surface area is 145 Å². The fraction of sp³-hybridized carbons (Fsp3) is 0.188. The average Bonchev–Trinajstić information content (AvgIpc) is 2.54. The van der Waals surface area contributed by atoms with Gasteiger partial charge in [-0.15, -0.1) is 0 Å². The number of hydrazone groups is 1. The van der Waals surface area contributed by atoms with Gasteiger partial charge in [-0.25, -0.2) is 0 Å². The number of ether oxygens (including phenoxy) is 2. The van der Waals surface area contributed by atoms with E-state index in [2.05, 4.69) is 26.5 Å². The first kappa shape index (κ1) is 18.1. The second-order valence-electron chi connectivity index (χ2n) is 4.68. The molecule has 0 aliphatic rings. The number of rotatable bonds is 5. The largest absolute Gasteiger partial charge is 0.493 e. The molecule has 0 saturated carbocycles. The first-order valence-corrected chi connectivity index (χ1v) is 7.52. The van der Waals surface area contributed by atoms with Crippen LogP contribution < -0.4 is 14.9 Å². The molecule has 0 unspecified atom stereocenters. The van der Waals surface area contributed by atoms with Crippen molar-refractivity contribution in [3.05, 3.63) is 52.0 Å². The van der Waals surface area contributed by atoms with Gasteiger partial charge in [0.15, 0.2) is 11.5 Å². The summed E-state index contributed by atoms with van der Waals surface area (Å²) in [6, 6.07) is 8.10. The maximum Gasteiger partial charge on any atom is 0.416 e. The summed E-state index contributed by atoms with van der Waals surface area (Å²) in [7, 11) is 3.05. The molecule has 0 aliphatic carbocycles. The van der Waals surface area contributed by atoms with Crippen LogP contribution in [0.25, 0.3) is 0 Å². The van der Waals surface area contributed by atoms with Crippen LogP contribution in [0, 0.1) is 0 Å². The van der Waals surface area contributed by atoms with Crippen LogP contribution in [0.1, 0.15) is 11.1 Å². The summed E-state index contributed by atoms with van der Waals surface area (Å²) < 4.78 is 48.6. The minimum atomic E-state index is -4.35. The molecular formula is C16H14BrF3N2O2. The molecule has 2 aromatic carbocycles. The fourth-order valence-electron chi connectivity index (χ4n) is 1.93. The SMILES string of the molecule is COc1cc(C=NNc2ccc(C(F)(F)F)cc2)cc(Br)c1OC. The summed E-state index contributed by atoms with van der Waals surface area (Å²) >= 11 is 3.37. The first-order valence-electron chi connectivity index (χ1n) is 6.73. The van der Waals surface area contributed by atoms with E-state index in [1.807, 2.05) is 0 Å². The Hall–Kier alpha value is -2.22. The third-order valence-electron chi connectivity index (χ3n) is 3.08. The fourth-order valence-corrected chi connectivity index (χ4v) is 2.55. The van der Waals surface area contributed by atoms with Gasteiger partial charge >= 0.3 is 6.18 Å². The van der Waals surface area contributed by atoms with Gasteiger partial charge in [-0.1, -0.05) is 0 Å². The van der Waals surface area contributed by atoms with Gasteiger partial charge in [-0.2, -0.15) is 18.3 Å². The Morgan fingerprint density at radius 3 is 2.29 bits per heavy atom. The van der Waals surface area contributed by atoms with Crippen molar-refractivity contribution in [1.82, 2.24) is 0 Å². The molecular weight excluding hydrogens is 389 g/mol. The van der Waals surface area contributed by atoms with E-state index in [1.54, 1.807) is 12.1 Å². The van der Waals surface area contributed by atoms with Gasteiger partial charge in [-0.3, -0.25) is 5.43 Å². The Bertz CT molecular complexity index is 731. The molecule has 8 heteroatoms. The summed E-state index contributed by atoms with van der Waals surface area (Å²) in [6.45, 7) is 0. The van der Waals surface area contributed by atoms with Crippen LogP contribution in [-0.4, -0.2) is 20.4 Å². The van der Waals surface area contributed by atoms with Gasteiger partial charge in [0.2, 0.25) is 0 Å². The van der Waals surface area contributed by atoms with Crippen molar-refractivity contribution in [2.75, 3.05) is 19.6 Å². The van der Waals surface area contributed by atoms with Gasteiger partial charge in [0.05, 0.1) is 36.2 Å². The Morgan fingerprint density at radius 2 is 1.75 bits per heavy atom. The molecule has 128 valence electrons. The van der Waals surface area contributed by atoms with Crippen LogP contribution >= 0.6 is 15.9 Å². The third-order valence-corrected chi connectivity index (χ3v) is 3.66. The topological polar surface area (TPSA) is 42.8 Å². The van der Waals surface area contributed by atoms with Gasteiger partial charge in [0, 0.05) is 0 Å². The van der Waals surface area contributed by atoms with Gasteiger partial charge < -0.3 is 9.47 Å². The minimum Gasteiger partial charge on any atom is -0.493 e. The lowest BCUT2D eigenvalue weighted by Crippen LogP contribution is -2.04. The van der Waals surface area contributed by atoms with Crippen LogP contribution in [0.4, 0.5) is 18.9 Å². The number of anilines is 1. The first-order chi connectivity index (χ1) is 11.3. The molecule has 2 aromatic rings. The van der Waals surface area contributed by atoms with Crippen molar-refractivity contribution in [3.8, 4) is 11.5 Å². The Morgan fingerprint density at radius 1 is 1.08 bits per heavy atom. The van der Waals surface area contributed by atoms with E-state index >= 15 is 0 Å². The zero-order valence-electron chi connectivity index (χ0n) is 12.8. The zero-order valence-corrected chi connectivity index (χ0v) is 14.4. The predicted octanol–water partition coefficient (Wildman–Crippen LogP) is 4.93. The Balaban J connectivity index is 2.10. The molecule has 0 atom stereocenters. The van der Waals surface area contributed by atoms with Crippen molar-refractivity contribution < 1.29 is 22.6 Å². The second kappa shape index (κ2) is 7.57. The molecule has 0 bridgehead atoms. The van der Waals surface area contributed by atoms with E-state index in [0.717, 1.165) is 17.7 Å². The lowest BCUT2D eigenvalue weighted by atomic mass is 10.2. The summed E-state index contributed by atoms with van der Waals surface area (Å²) in [5, 5.41) is 4.00. The molecule has 0 spiro atoms. The highest BCUT2D eigenvalue weighted by molar-refractivity contribution is 9.10. The number of benzene rings is 2. The lowest BCUT2D eigenvalue weighted by molar-refractivity contribution is -0.137. The monoisotopic (exact) mass is 402 g/mol. The van der Waals surface area contributed by atoms with Gasteiger partial charge in [-0.05, 0) is 57.9 Å². The molecule has 0 fully saturated rings. The van der Waals surface area contributed by atoms with Crippen LogP contribution in [0.3, 0.4) is 0 Å². The van der Waals surface area contributed by atoms with Crippen LogP contribution in [0.5, 0.6) is 11.5 Å². The highest BCUT2D eigenvalue weighted by Gasteiger charge is 2.29. The second-order valence-corrected chi connectivity index (χ2v) is 5.54. The van der Waals surface area contributed by atoms with E-state index in [0.29, 0.717) is 21.7 Å². The molecule has 0 aromatic heterocycles. The normalized spacial score (nSPS) is 11.6. The quantitative estimate of drug-likeness (QED) is 0.569. The van der Waals surface area contributed by atoms with E-state index in [1.165, 1.54) is 32.6 Å². The molecule has 0 amide bonds. The van der Waals surface area contributed by atoms with Crippen molar-refractivity contribution >= 4 is 27.8 Å². The van der Waals surface area contributed by atoms with Gasteiger partial charge in [0.25, 0.3) is 0 Å². The highest BCUT2D eigenvalue weighted by Crippen LogP contribution is 2.35. The number of hydrogen-bond acceptors (Lipinski definition) is 4. The molecule has 1 N–H and O–H groups in total. The van der Waals surface area contributed by atoms with Crippen molar-refractivity contribution in [1.29, 1.82) is 0 Å². The molecule has 0 heterocycles. The number of alkyl halides is 3. The number of methoxy groups -OCH3 is 2. The maximum absolute atomic E-state index is 12.5. The van der Waals surface area contributed by atoms with E-state index in [4.69, 9.17) is 9.47 Å². The molecule has 0 saturated heterocycles. The lowest BCUT2D eigenvalue weighted by Gasteiger charge is -2.10.